The van der Waals surface area contributed by atoms with E-state index < -0.39 is 17.3 Å². The van der Waals surface area contributed by atoms with Crippen LogP contribution in [0.15, 0.2) is 109 Å². The molecule has 0 fully saturated rings. The maximum Gasteiger partial charge on any atom is 0.267 e. The van der Waals surface area contributed by atoms with E-state index in [4.69, 9.17) is 4.74 Å². The molecule has 0 unspecified atom stereocenters. The minimum atomic E-state index is -0.701. The largest absolute Gasteiger partial charge is 0.453 e. The number of fused-ring (bicyclic) bond motifs is 1. The van der Waals surface area contributed by atoms with Crippen molar-refractivity contribution in [1.82, 2.24) is 19.9 Å². The number of nitrogens with one attached hydrogen (secondary N) is 2. The zero-order valence-corrected chi connectivity index (χ0v) is 22.4. The molecular weight excluding hydrogens is 521 g/mol. The van der Waals surface area contributed by atoms with Gasteiger partial charge in [0.2, 0.25) is 0 Å². The molecule has 0 saturated heterocycles. The number of carbonyl (C=O) groups is 1. The van der Waals surface area contributed by atoms with Gasteiger partial charge in [-0.2, -0.15) is 0 Å². The minimum Gasteiger partial charge on any atom is -0.453 e. The summed E-state index contributed by atoms with van der Waals surface area (Å²) in [7, 11) is 1.78. The van der Waals surface area contributed by atoms with Crippen LogP contribution in [0.2, 0.25) is 0 Å². The summed E-state index contributed by atoms with van der Waals surface area (Å²) in [5.41, 5.74) is 3.35. The van der Waals surface area contributed by atoms with E-state index in [-0.39, 0.29) is 17.0 Å². The molecule has 0 aliphatic rings. The molecule has 9 heteroatoms. The Morgan fingerprint density at radius 1 is 1.05 bits per heavy atom. The van der Waals surface area contributed by atoms with E-state index in [2.05, 4.69) is 27.2 Å². The summed E-state index contributed by atoms with van der Waals surface area (Å²) in [5, 5.41) is 6.14. The van der Waals surface area contributed by atoms with Gasteiger partial charge in [-0.3, -0.25) is 24.1 Å². The van der Waals surface area contributed by atoms with Gasteiger partial charge in [0, 0.05) is 54.9 Å². The van der Waals surface area contributed by atoms with Gasteiger partial charge in [-0.25, -0.2) is 4.39 Å². The van der Waals surface area contributed by atoms with E-state index in [1.807, 2.05) is 19.1 Å². The molecule has 0 bridgehead atoms. The number of halogens is 1. The molecule has 0 spiro atoms. The molecule has 2 aromatic carbocycles. The van der Waals surface area contributed by atoms with Crippen LogP contribution in [-0.2, 0) is 0 Å². The maximum atomic E-state index is 15.1. The number of pyridine rings is 3. The van der Waals surface area contributed by atoms with Crippen LogP contribution in [0.3, 0.4) is 0 Å². The molecule has 0 atom stereocenters. The summed E-state index contributed by atoms with van der Waals surface area (Å²) in [6.07, 6.45) is 8.21. The lowest BCUT2D eigenvalue weighted by Gasteiger charge is -2.12. The number of aromatic nitrogens is 3. The molecule has 41 heavy (non-hydrogen) atoms. The average Bonchev–Trinajstić information content (AvgIpc) is 2.97. The first-order valence-corrected chi connectivity index (χ1v) is 12.7. The third kappa shape index (κ3) is 5.74. The van der Waals surface area contributed by atoms with E-state index in [1.165, 1.54) is 22.8 Å². The lowest BCUT2D eigenvalue weighted by atomic mass is 10.1. The first-order valence-electron chi connectivity index (χ1n) is 12.7. The summed E-state index contributed by atoms with van der Waals surface area (Å²) in [4.78, 5) is 34.8. The van der Waals surface area contributed by atoms with Gasteiger partial charge < -0.3 is 15.4 Å². The Bertz CT molecular complexity index is 1860. The van der Waals surface area contributed by atoms with Gasteiger partial charge in [0.25, 0.3) is 11.5 Å². The quantitative estimate of drug-likeness (QED) is 0.231. The molecule has 5 aromatic rings. The molecule has 2 N–H and O–H groups in total. The number of aryl methyl sites for hydroxylation is 1. The van der Waals surface area contributed by atoms with Crippen molar-refractivity contribution in [3.63, 3.8) is 0 Å². The number of hydrogen-bond donors (Lipinski definition) is 2. The number of ether oxygens (including phenoxy) is 1. The van der Waals surface area contributed by atoms with Crippen LogP contribution in [0.25, 0.3) is 22.2 Å². The summed E-state index contributed by atoms with van der Waals surface area (Å²) < 4.78 is 22.3. The van der Waals surface area contributed by atoms with Crippen molar-refractivity contribution in [2.75, 3.05) is 12.4 Å². The molecule has 0 aliphatic heterocycles. The Balaban J connectivity index is 1.36. The van der Waals surface area contributed by atoms with E-state index in [1.54, 1.807) is 68.2 Å². The highest BCUT2D eigenvalue weighted by Gasteiger charge is 2.16. The highest BCUT2D eigenvalue weighted by Crippen LogP contribution is 2.32. The van der Waals surface area contributed by atoms with Gasteiger partial charge in [0.1, 0.15) is 11.3 Å². The Hall–Kier alpha value is -5.57. The van der Waals surface area contributed by atoms with Crippen LogP contribution in [0.4, 0.5) is 10.1 Å². The predicted octanol–water partition coefficient (Wildman–Crippen LogP) is 6.02. The second-order valence-corrected chi connectivity index (χ2v) is 9.12. The average molecular weight is 548 g/mol. The summed E-state index contributed by atoms with van der Waals surface area (Å²) in [6, 6.07) is 17.8. The van der Waals surface area contributed by atoms with Gasteiger partial charge in [0.05, 0.1) is 16.6 Å². The Labute approximate surface area is 235 Å². The van der Waals surface area contributed by atoms with Gasteiger partial charge in [0.15, 0.2) is 11.6 Å². The van der Waals surface area contributed by atoms with E-state index in [9.17, 15) is 9.59 Å². The molecule has 204 valence electrons. The molecule has 8 nitrogen and oxygen atoms in total. The molecule has 0 aliphatic carbocycles. The van der Waals surface area contributed by atoms with Crippen molar-refractivity contribution in [2.45, 2.75) is 6.92 Å². The number of nitrogens with zero attached hydrogens (tertiary/aromatic N) is 3. The first-order chi connectivity index (χ1) is 19.9. The Morgan fingerprint density at radius 3 is 2.59 bits per heavy atom. The standard InChI is InChI=1S/C32H26FN5O3/c1-4-21(18-34-3)27-17-28-25(19-36-27)29(13-14-35-28)41-30-12-9-22(16-26(30)33)37-31(39)24-6-5-15-38(32(24)40)23-10-7-20(2)8-11-23/h4-19,34H,1H2,2-3H3,(H,37,39)/b21-18+. The molecule has 3 heterocycles. The fraction of sp³-hybridized carbons (Fsp3) is 0.0625. The molecule has 5 rings (SSSR count). The highest BCUT2D eigenvalue weighted by atomic mass is 19.1. The summed E-state index contributed by atoms with van der Waals surface area (Å²) >= 11 is 0. The SMILES string of the molecule is C=C/C(=C\NC)c1cc2nccc(Oc3ccc(NC(=O)c4cccn(-c5ccc(C)cc5)c4=O)cc3F)c2cn1. The van der Waals surface area contributed by atoms with Gasteiger partial charge >= 0.3 is 0 Å². The van der Waals surface area contributed by atoms with Crippen LogP contribution in [0, 0.1) is 12.7 Å². The molecule has 0 radical (unpaired) electrons. The number of carbonyl (C=O) groups excluding carboxylic acids is 1. The smallest absolute Gasteiger partial charge is 0.267 e. The third-order valence-corrected chi connectivity index (χ3v) is 6.32. The van der Waals surface area contributed by atoms with Crippen molar-refractivity contribution in [3.05, 3.63) is 137 Å². The second-order valence-electron chi connectivity index (χ2n) is 9.12. The molecular formula is C32H26FN5O3. The number of amides is 1. The van der Waals surface area contributed by atoms with Crippen LogP contribution >= 0.6 is 0 Å². The van der Waals surface area contributed by atoms with Crippen LogP contribution in [-0.4, -0.2) is 27.5 Å². The van der Waals surface area contributed by atoms with Crippen molar-refractivity contribution in [1.29, 1.82) is 0 Å². The Morgan fingerprint density at radius 2 is 1.85 bits per heavy atom. The predicted molar refractivity (Wildman–Crippen MR) is 158 cm³/mol. The Kier molecular flexibility index (Phi) is 7.69. The maximum absolute atomic E-state index is 15.1. The number of rotatable bonds is 8. The number of anilines is 1. The third-order valence-electron chi connectivity index (χ3n) is 6.32. The monoisotopic (exact) mass is 547 g/mol. The van der Waals surface area contributed by atoms with Crippen molar-refractivity contribution in [3.8, 4) is 17.2 Å². The summed E-state index contributed by atoms with van der Waals surface area (Å²) in [5.74, 6) is -1.04. The van der Waals surface area contributed by atoms with Crippen molar-refractivity contribution in [2.24, 2.45) is 0 Å². The number of benzene rings is 2. The fourth-order valence-corrected chi connectivity index (χ4v) is 4.21. The molecule has 3 aromatic heterocycles. The minimum absolute atomic E-state index is 0.0529. The topological polar surface area (TPSA) is 98.1 Å². The van der Waals surface area contributed by atoms with Gasteiger partial charge in [-0.05, 0) is 55.5 Å². The summed E-state index contributed by atoms with van der Waals surface area (Å²) in [6.45, 7) is 5.75. The lowest BCUT2D eigenvalue weighted by Crippen LogP contribution is -2.27. The number of allylic oxidation sites excluding steroid dienone is 2. The lowest BCUT2D eigenvalue weighted by molar-refractivity contribution is 0.102. The first kappa shape index (κ1) is 27.0. The number of hydrogen-bond acceptors (Lipinski definition) is 6. The zero-order valence-electron chi connectivity index (χ0n) is 22.4. The van der Waals surface area contributed by atoms with E-state index >= 15 is 4.39 Å². The van der Waals surface area contributed by atoms with Crippen molar-refractivity contribution >= 4 is 28.1 Å². The highest BCUT2D eigenvalue weighted by molar-refractivity contribution is 6.04. The van der Waals surface area contributed by atoms with Crippen LogP contribution in [0.1, 0.15) is 21.6 Å². The zero-order chi connectivity index (χ0) is 28.9. The second kappa shape index (κ2) is 11.7. The van der Waals surface area contributed by atoms with E-state index in [0.29, 0.717) is 28.0 Å². The normalized spacial score (nSPS) is 11.2. The van der Waals surface area contributed by atoms with Gasteiger partial charge in [-0.15, -0.1) is 0 Å². The molecule has 1 amide bonds. The molecule has 0 saturated carbocycles. The van der Waals surface area contributed by atoms with E-state index in [0.717, 1.165) is 17.2 Å². The van der Waals surface area contributed by atoms with Crippen LogP contribution < -0.4 is 20.9 Å². The van der Waals surface area contributed by atoms with Crippen LogP contribution in [0.5, 0.6) is 11.5 Å². The fourth-order valence-electron chi connectivity index (χ4n) is 4.21. The van der Waals surface area contributed by atoms with Gasteiger partial charge in [-0.1, -0.05) is 30.4 Å². The van der Waals surface area contributed by atoms with Crippen molar-refractivity contribution < 1.29 is 13.9 Å².